The molecule has 0 unspecified atom stereocenters. The van der Waals surface area contributed by atoms with Crippen LogP contribution in [0.5, 0.6) is 0 Å². The molecular weight excluding hydrogens is 249 g/mol. The minimum atomic E-state index is -2.99. The standard InChI is InChI=1S/C13H20NO3P/c1-3-16-18(15,17-4-2)11-10-14-12-13-8-6-5-7-9-13/h5-10H,3-4,11-12H2,1-2H3. The van der Waals surface area contributed by atoms with E-state index in [-0.39, 0.29) is 6.16 Å². The van der Waals surface area contributed by atoms with Crippen molar-refractivity contribution in [1.29, 1.82) is 0 Å². The first kappa shape index (κ1) is 15.1. The molecule has 18 heavy (non-hydrogen) atoms. The smallest absolute Gasteiger partial charge is 0.309 e. The fourth-order valence-electron chi connectivity index (χ4n) is 1.45. The molecule has 0 saturated carbocycles. The van der Waals surface area contributed by atoms with Crippen molar-refractivity contribution in [2.75, 3.05) is 19.4 Å². The second-order valence-electron chi connectivity index (χ2n) is 3.64. The topological polar surface area (TPSA) is 47.9 Å². The molecule has 4 nitrogen and oxygen atoms in total. The molecule has 0 radical (unpaired) electrons. The van der Waals surface area contributed by atoms with Gasteiger partial charge in [-0.1, -0.05) is 30.3 Å². The summed E-state index contributed by atoms with van der Waals surface area (Å²) in [5.74, 6) is 0. The Bertz CT molecular complexity index is 396. The van der Waals surface area contributed by atoms with Crippen LogP contribution in [0.3, 0.4) is 0 Å². The van der Waals surface area contributed by atoms with Crippen LogP contribution in [0.15, 0.2) is 35.3 Å². The molecule has 0 spiro atoms. The summed E-state index contributed by atoms with van der Waals surface area (Å²) in [4.78, 5) is 4.23. The van der Waals surface area contributed by atoms with Gasteiger partial charge in [0.15, 0.2) is 0 Å². The van der Waals surface area contributed by atoms with E-state index in [1.807, 2.05) is 30.3 Å². The predicted octanol–water partition coefficient (Wildman–Crippen LogP) is 3.52. The van der Waals surface area contributed by atoms with Crippen molar-refractivity contribution in [1.82, 2.24) is 0 Å². The van der Waals surface area contributed by atoms with E-state index in [1.54, 1.807) is 20.1 Å². The van der Waals surface area contributed by atoms with Crippen LogP contribution < -0.4 is 0 Å². The summed E-state index contributed by atoms with van der Waals surface area (Å²) in [5, 5.41) is 0. The van der Waals surface area contributed by atoms with Gasteiger partial charge in [0.05, 0.1) is 25.9 Å². The van der Waals surface area contributed by atoms with Crippen molar-refractivity contribution in [2.24, 2.45) is 4.99 Å². The van der Waals surface area contributed by atoms with Crippen molar-refractivity contribution < 1.29 is 13.6 Å². The average Bonchev–Trinajstić information content (AvgIpc) is 2.37. The number of aliphatic imine (C=N–C) groups is 1. The summed E-state index contributed by atoms with van der Waals surface area (Å²) in [6.07, 6.45) is 1.85. The van der Waals surface area contributed by atoms with Crippen LogP contribution in [0.25, 0.3) is 0 Å². The molecule has 0 atom stereocenters. The highest BCUT2D eigenvalue weighted by Crippen LogP contribution is 2.46. The van der Waals surface area contributed by atoms with Crippen molar-refractivity contribution in [3.63, 3.8) is 0 Å². The first-order valence-electron chi connectivity index (χ1n) is 6.10. The summed E-state index contributed by atoms with van der Waals surface area (Å²) in [6.45, 7) is 4.94. The molecule has 100 valence electrons. The molecule has 0 N–H and O–H groups in total. The summed E-state index contributed by atoms with van der Waals surface area (Å²) in [7, 11) is -2.99. The maximum Gasteiger partial charge on any atom is 0.335 e. The molecule has 1 aromatic rings. The Labute approximate surface area is 109 Å². The predicted molar refractivity (Wildman–Crippen MR) is 74.4 cm³/mol. The molecule has 5 heteroatoms. The fourth-order valence-corrected chi connectivity index (χ4v) is 2.83. The Morgan fingerprint density at radius 1 is 1.17 bits per heavy atom. The lowest BCUT2D eigenvalue weighted by atomic mass is 10.2. The Kier molecular flexibility index (Phi) is 6.88. The van der Waals surface area contributed by atoms with E-state index in [9.17, 15) is 4.57 Å². The molecule has 0 aliphatic heterocycles. The average molecular weight is 269 g/mol. The van der Waals surface area contributed by atoms with E-state index in [0.717, 1.165) is 5.56 Å². The zero-order valence-corrected chi connectivity index (χ0v) is 11.8. The Hall–Kier alpha value is -0.960. The van der Waals surface area contributed by atoms with Gasteiger partial charge in [-0.3, -0.25) is 9.56 Å². The number of benzene rings is 1. The van der Waals surface area contributed by atoms with E-state index in [0.29, 0.717) is 19.8 Å². The van der Waals surface area contributed by atoms with Crippen LogP contribution in [0, 0.1) is 0 Å². The third-order valence-electron chi connectivity index (χ3n) is 2.20. The molecule has 0 bridgehead atoms. The molecular formula is C13H20NO3P. The molecule has 0 heterocycles. The van der Waals surface area contributed by atoms with E-state index in [1.165, 1.54) is 0 Å². The van der Waals surface area contributed by atoms with Crippen LogP contribution in [-0.2, 0) is 20.2 Å². The molecule has 0 amide bonds. The maximum absolute atomic E-state index is 12.1. The van der Waals surface area contributed by atoms with Gasteiger partial charge in [-0.15, -0.1) is 0 Å². The normalized spacial score (nSPS) is 12.1. The van der Waals surface area contributed by atoms with Crippen molar-refractivity contribution >= 4 is 13.8 Å². The van der Waals surface area contributed by atoms with Crippen LogP contribution >= 0.6 is 7.60 Å². The van der Waals surface area contributed by atoms with Gasteiger partial charge in [-0.25, -0.2) is 0 Å². The minimum Gasteiger partial charge on any atom is -0.309 e. The molecule has 0 aliphatic carbocycles. The highest BCUT2D eigenvalue weighted by molar-refractivity contribution is 7.54. The molecule has 1 rings (SSSR count). The van der Waals surface area contributed by atoms with E-state index in [4.69, 9.17) is 9.05 Å². The summed E-state index contributed by atoms with van der Waals surface area (Å²) in [6, 6.07) is 9.90. The third kappa shape index (κ3) is 5.58. The molecule has 0 aliphatic rings. The fraction of sp³-hybridized carbons (Fsp3) is 0.462. The lowest BCUT2D eigenvalue weighted by molar-refractivity contribution is 0.223. The number of nitrogens with zero attached hydrogens (tertiary/aromatic N) is 1. The van der Waals surface area contributed by atoms with E-state index < -0.39 is 7.60 Å². The van der Waals surface area contributed by atoms with Gasteiger partial charge in [0.2, 0.25) is 0 Å². The van der Waals surface area contributed by atoms with Crippen molar-refractivity contribution in [3.8, 4) is 0 Å². The Morgan fingerprint density at radius 3 is 2.33 bits per heavy atom. The Morgan fingerprint density at radius 2 is 1.78 bits per heavy atom. The SMILES string of the molecule is CCOP(=O)(CC=NCc1ccccc1)OCC. The maximum atomic E-state index is 12.1. The summed E-state index contributed by atoms with van der Waals surface area (Å²) in [5.41, 5.74) is 1.12. The highest BCUT2D eigenvalue weighted by atomic mass is 31.2. The van der Waals surface area contributed by atoms with Gasteiger partial charge >= 0.3 is 7.60 Å². The van der Waals surface area contributed by atoms with Crippen LogP contribution in [0.1, 0.15) is 19.4 Å². The van der Waals surface area contributed by atoms with Crippen LogP contribution in [-0.4, -0.2) is 25.6 Å². The Balaban J connectivity index is 2.45. The third-order valence-corrected chi connectivity index (χ3v) is 4.12. The summed E-state index contributed by atoms with van der Waals surface area (Å²) < 4.78 is 22.4. The first-order valence-corrected chi connectivity index (χ1v) is 7.83. The van der Waals surface area contributed by atoms with E-state index >= 15 is 0 Å². The van der Waals surface area contributed by atoms with Crippen molar-refractivity contribution in [2.45, 2.75) is 20.4 Å². The van der Waals surface area contributed by atoms with Gasteiger partial charge in [0.1, 0.15) is 0 Å². The molecule has 1 aromatic carbocycles. The van der Waals surface area contributed by atoms with Gasteiger partial charge in [0.25, 0.3) is 0 Å². The van der Waals surface area contributed by atoms with Gasteiger partial charge in [0, 0.05) is 6.21 Å². The quantitative estimate of drug-likeness (QED) is 0.536. The number of rotatable bonds is 8. The lowest BCUT2D eigenvalue weighted by Gasteiger charge is -2.14. The molecule has 0 fully saturated rings. The summed E-state index contributed by atoms with van der Waals surface area (Å²) >= 11 is 0. The number of hydrogen-bond donors (Lipinski definition) is 0. The van der Waals surface area contributed by atoms with Gasteiger partial charge in [-0.2, -0.15) is 0 Å². The lowest BCUT2D eigenvalue weighted by Crippen LogP contribution is -2.01. The van der Waals surface area contributed by atoms with Crippen molar-refractivity contribution in [3.05, 3.63) is 35.9 Å². The first-order chi connectivity index (χ1) is 8.70. The second-order valence-corrected chi connectivity index (χ2v) is 5.74. The van der Waals surface area contributed by atoms with E-state index in [2.05, 4.69) is 4.99 Å². The van der Waals surface area contributed by atoms with Crippen LogP contribution in [0.4, 0.5) is 0 Å². The monoisotopic (exact) mass is 269 g/mol. The van der Waals surface area contributed by atoms with Crippen LogP contribution in [0.2, 0.25) is 0 Å². The minimum absolute atomic E-state index is 0.224. The van der Waals surface area contributed by atoms with Gasteiger partial charge < -0.3 is 9.05 Å². The van der Waals surface area contributed by atoms with Gasteiger partial charge in [-0.05, 0) is 19.4 Å². The largest absolute Gasteiger partial charge is 0.335 e. The second kappa shape index (κ2) is 8.20. The number of hydrogen-bond acceptors (Lipinski definition) is 4. The molecule has 0 aromatic heterocycles. The zero-order chi connectivity index (χ0) is 13.3. The zero-order valence-electron chi connectivity index (χ0n) is 10.9. The highest BCUT2D eigenvalue weighted by Gasteiger charge is 2.21. The molecule has 0 saturated heterocycles.